The number of rotatable bonds is 2. The number of benzene rings is 1. The molecule has 2 N–H and O–H groups in total. The van der Waals surface area contributed by atoms with Crippen LogP contribution < -0.4 is 10.6 Å². The largest absolute Gasteiger partial charge is 0.410 e. The molecule has 0 spiro atoms. The van der Waals surface area contributed by atoms with Crippen molar-refractivity contribution in [2.75, 3.05) is 11.4 Å². The van der Waals surface area contributed by atoms with Crippen LogP contribution in [0.2, 0.25) is 0 Å². The van der Waals surface area contributed by atoms with Gasteiger partial charge in [0.25, 0.3) is 0 Å². The first kappa shape index (κ1) is 11.9. The zero-order chi connectivity index (χ0) is 12.6. The third-order valence-electron chi connectivity index (χ3n) is 2.77. The van der Waals surface area contributed by atoms with E-state index in [1.807, 2.05) is 0 Å². The van der Waals surface area contributed by atoms with Gasteiger partial charge in [-0.05, 0) is 11.6 Å². The Morgan fingerprint density at radius 3 is 2.59 bits per heavy atom. The van der Waals surface area contributed by atoms with Crippen LogP contribution in [0.5, 0.6) is 0 Å². The highest BCUT2D eigenvalue weighted by Crippen LogP contribution is 2.35. The van der Waals surface area contributed by atoms with E-state index < -0.39 is 24.7 Å². The maximum Gasteiger partial charge on any atom is 0.410 e. The SMILES string of the molecule is NCC(N1C(=O)Cc2ccccc21)C(F)(F)F. The van der Waals surface area contributed by atoms with Gasteiger partial charge in [0.1, 0.15) is 6.04 Å². The lowest BCUT2D eigenvalue weighted by molar-refractivity contribution is -0.151. The second-order valence-corrected chi connectivity index (χ2v) is 3.86. The fourth-order valence-corrected chi connectivity index (χ4v) is 2.00. The zero-order valence-electron chi connectivity index (χ0n) is 8.87. The van der Waals surface area contributed by atoms with Gasteiger partial charge >= 0.3 is 6.18 Å². The third kappa shape index (κ3) is 2.00. The number of anilines is 1. The summed E-state index contributed by atoms with van der Waals surface area (Å²) in [5, 5.41) is 0. The number of fused-ring (bicyclic) bond motifs is 1. The first-order valence-electron chi connectivity index (χ1n) is 5.12. The van der Waals surface area contributed by atoms with E-state index in [0.29, 0.717) is 11.3 Å². The molecule has 1 aromatic rings. The molecule has 0 aromatic heterocycles. The number of amides is 1. The van der Waals surface area contributed by atoms with E-state index >= 15 is 0 Å². The fraction of sp³-hybridized carbons (Fsp3) is 0.364. The van der Waals surface area contributed by atoms with Crippen LogP contribution in [-0.4, -0.2) is 24.7 Å². The number of nitrogens with zero attached hydrogens (tertiary/aromatic N) is 1. The van der Waals surface area contributed by atoms with Crippen LogP contribution in [0.15, 0.2) is 24.3 Å². The Kier molecular flexibility index (Phi) is 2.82. The summed E-state index contributed by atoms with van der Waals surface area (Å²) in [4.78, 5) is 12.4. The number of hydrogen-bond donors (Lipinski definition) is 1. The molecule has 1 heterocycles. The topological polar surface area (TPSA) is 46.3 Å². The summed E-state index contributed by atoms with van der Waals surface area (Å²) in [6, 6.07) is 4.51. The average molecular weight is 244 g/mol. The molecule has 0 radical (unpaired) electrons. The number of nitrogens with two attached hydrogens (primary N) is 1. The molecule has 1 aliphatic rings. The van der Waals surface area contributed by atoms with Crippen molar-refractivity contribution in [3.05, 3.63) is 29.8 Å². The minimum atomic E-state index is -4.51. The summed E-state index contributed by atoms with van der Waals surface area (Å²) in [6.45, 7) is -0.635. The van der Waals surface area contributed by atoms with Crippen molar-refractivity contribution in [2.24, 2.45) is 5.73 Å². The highest BCUT2D eigenvalue weighted by Gasteiger charge is 2.47. The molecule has 6 heteroatoms. The second-order valence-electron chi connectivity index (χ2n) is 3.86. The van der Waals surface area contributed by atoms with Crippen LogP contribution >= 0.6 is 0 Å². The maximum absolute atomic E-state index is 12.8. The molecule has 1 amide bonds. The van der Waals surface area contributed by atoms with Crippen molar-refractivity contribution in [2.45, 2.75) is 18.6 Å². The Balaban J connectivity index is 2.42. The van der Waals surface area contributed by atoms with Gasteiger partial charge < -0.3 is 5.73 Å². The van der Waals surface area contributed by atoms with Gasteiger partial charge in [-0.1, -0.05) is 18.2 Å². The van der Waals surface area contributed by atoms with Gasteiger partial charge in [-0.25, -0.2) is 0 Å². The molecule has 0 saturated carbocycles. The van der Waals surface area contributed by atoms with Gasteiger partial charge in [0, 0.05) is 12.2 Å². The first-order valence-corrected chi connectivity index (χ1v) is 5.12. The predicted octanol–water partition coefficient (Wildman–Crippen LogP) is 1.47. The molecule has 3 nitrogen and oxygen atoms in total. The average Bonchev–Trinajstić information content (AvgIpc) is 2.55. The molecule has 2 rings (SSSR count). The third-order valence-corrected chi connectivity index (χ3v) is 2.77. The van der Waals surface area contributed by atoms with E-state index in [1.54, 1.807) is 18.2 Å². The molecule has 1 unspecified atom stereocenters. The van der Waals surface area contributed by atoms with Crippen LogP contribution in [0.4, 0.5) is 18.9 Å². The van der Waals surface area contributed by atoms with Crippen molar-refractivity contribution in [3.8, 4) is 0 Å². The van der Waals surface area contributed by atoms with Gasteiger partial charge in [0.2, 0.25) is 5.91 Å². The standard InChI is InChI=1S/C11H11F3N2O/c12-11(13,14)9(6-15)16-8-4-2-1-3-7(8)5-10(16)17/h1-4,9H,5-6,15H2. The molecule has 92 valence electrons. The van der Waals surface area contributed by atoms with E-state index in [0.717, 1.165) is 4.90 Å². The Morgan fingerprint density at radius 1 is 1.35 bits per heavy atom. The normalized spacial score (nSPS) is 17.2. The lowest BCUT2D eigenvalue weighted by atomic mass is 10.1. The number of alkyl halides is 3. The van der Waals surface area contributed by atoms with Gasteiger partial charge in [0.05, 0.1) is 6.42 Å². The molecular formula is C11H11F3N2O. The monoisotopic (exact) mass is 244 g/mol. The zero-order valence-corrected chi connectivity index (χ0v) is 8.87. The first-order chi connectivity index (χ1) is 7.95. The van der Waals surface area contributed by atoms with Crippen LogP contribution in [0.25, 0.3) is 0 Å². The lowest BCUT2D eigenvalue weighted by Crippen LogP contribution is -2.51. The van der Waals surface area contributed by atoms with E-state index in [9.17, 15) is 18.0 Å². The summed E-state index contributed by atoms with van der Waals surface area (Å²) in [7, 11) is 0. The molecule has 17 heavy (non-hydrogen) atoms. The summed E-state index contributed by atoms with van der Waals surface area (Å²) in [6.07, 6.45) is -4.51. The van der Waals surface area contributed by atoms with Crippen molar-refractivity contribution < 1.29 is 18.0 Å². The molecule has 1 aliphatic heterocycles. The van der Waals surface area contributed by atoms with E-state index in [4.69, 9.17) is 5.73 Å². The van der Waals surface area contributed by atoms with Gasteiger partial charge in [-0.2, -0.15) is 13.2 Å². The fourth-order valence-electron chi connectivity index (χ4n) is 2.00. The summed E-state index contributed by atoms with van der Waals surface area (Å²) in [5.41, 5.74) is 6.07. The Morgan fingerprint density at radius 2 is 2.00 bits per heavy atom. The van der Waals surface area contributed by atoms with E-state index in [-0.39, 0.29) is 6.42 Å². The quantitative estimate of drug-likeness (QED) is 0.856. The minimum Gasteiger partial charge on any atom is -0.328 e. The maximum atomic E-state index is 12.8. The number of carbonyl (C=O) groups is 1. The van der Waals surface area contributed by atoms with Crippen LogP contribution in [0, 0.1) is 0 Å². The summed E-state index contributed by atoms with van der Waals surface area (Å²) in [5.74, 6) is -0.557. The molecule has 1 atom stereocenters. The predicted molar refractivity (Wildman–Crippen MR) is 56.5 cm³/mol. The highest BCUT2D eigenvalue weighted by atomic mass is 19.4. The molecular weight excluding hydrogens is 233 g/mol. The molecule has 0 bridgehead atoms. The number of hydrogen-bond acceptors (Lipinski definition) is 2. The lowest BCUT2D eigenvalue weighted by Gasteiger charge is -2.29. The van der Waals surface area contributed by atoms with E-state index in [2.05, 4.69) is 0 Å². The van der Waals surface area contributed by atoms with E-state index in [1.165, 1.54) is 6.07 Å². The number of para-hydroxylation sites is 1. The van der Waals surface area contributed by atoms with Crippen LogP contribution in [0.3, 0.4) is 0 Å². The molecule has 0 fully saturated rings. The van der Waals surface area contributed by atoms with Crippen molar-refractivity contribution in [1.29, 1.82) is 0 Å². The van der Waals surface area contributed by atoms with Gasteiger partial charge in [-0.15, -0.1) is 0 Å². The van der Waals surface area contributed by atoms with Crippen molar-refractivity contribution in [1.82, 2.24) is 0 Å². The number of halogens is 3. The van der Waals surface area contributed by atoms with Crippen LogP contribution in [-0.2, 0) is 11.2 Å². The molecule has 0 saturated heterocycles. The Bertz CT molecular complexity index is 445. The summed E-state index contributed by atoms with van der Waals surface area (Å²) < 4.78 is 38.3. The smallest absolute Gasteiger partial charge is 0.328 e. The van der Waals surface area contributed by atoms with Crippen molar-refractivity contribution in [3.63, 3.8) is 0 Å². The Labute approximate surface area is 96.0 Å². The summed E-state index contributed by atoms with van der Waals surface area (Å²) >= 11 is 0. The molecule has 1 aromatic carbocycles. The highest BCUT2D eigenvalue weighted by molar-refractivity contribution is 6.02. The minimum absolute atomic E-state index is 0.00273. The van der Waals surface area contributed by atoms with Gasteiger partial charge in [0.15, 0.2) is 0 Å². The van der Waals surface area contributed by atoms with Crippen molar-refractivity contribution >= 4 is 11.6 Å². The van der Waals surface area contributed by atoms with Crippen LogP contribution in [0.1, 0.15) is 5.56 Å². The Hall–Kier alpha value is -1.56. The second kappa shape index (κ2) is 4.03. The molecule has 0 aliphatic carbocycles. The number of carbonyl (C=O) groups excluding carboxylic acids is 1. The van der Waals surface area contributed by atoms with Gasteiger partial charge in [-0.3, -0.25) is 9.69 Å².